The summed E-state index contributed by atoms with van der Waals surface area (Å²) in [5, 5.41) is 2.31. The van der Waals surface area contributed by atoms with Crippen LogP contribution in [0.2, 0.25) is 0 Å². The molecular formula is C11H22N4O2. The molecule has 0 aliphatic carbocycles. The van der Waals surface area contributed by atoms with Gasteiger partial charge in [-0.05, 0) is 25.4 Å². The Labute approximate surface area is 102 Å². The maximum absolute atomic E-state index is 11.7. The van der Waals surface area contributed by atoms with Crippen LogP contribution >= 0.6 is 0 Å². The number of hydrogen-bond donors (Lipinski definition) is 2. The number of primary amides is 1. The Morgan fingerprint density at radius 1 is 1.53 bits per heavy atom. The Morgan fingerprint density at radius 2 is 2.18 bits per heavy atom. The highest BCUT2D eigenvalue weighted by atomic mass is 16.2. The summed E-state index contributed by atoms with van der Waals surface area (Å²) in [5.41, 5.74) is 5.07. The minimum absolute atomic E-state index is 0.0300. The predicted octanol–water partition coefficient (Wildman–Crippen LogP) is -0.545. The fourth-order valence-corrected chi connectivity index (χ4v) is 2.36. The molecule has 0 spiro atoms. The second-order valence-electron chi connectivity index (χ2n) is 5.27. The summed E-state index contributed by atoms with van der Waals surface area (Å²) in [4.78, 5) is 26.1. The maximum Gasteiger partial charge on any atom is 0.312 e. The Kier molecular flexibility index (Phi) is 4.34. The van der Waals surface area contributed by atoms with Crippen LogP contribution in [-0.2, 0) is 4.79 Å². The zero-order chi connectivity index (χ0) is 13.1. The number of amides is 3. The Bertz CT molecular complexity index is 308. The topological polar surface area (TPSA) is 78.7 Å². The Balaban J connectivity index is 2.40. The fraction of sp³-hybridized carbons (Fsp3) is 0.818. The maximum atomic E-state index is 11.7. The van der Waals surface area contributed by atoms with Crippen molar-refractivity contribution in [3.63, 3.8) is 0 Å². The van der Waals surface area contributed by atoms with Crippen molar-refractivity contribution in [2.75, 3.05) is 40.3 Å². The normalized spacial score (nSPS) is 24.6. The van der Waals surface area contributed by atoms with Gasteiger partial charge in [0.2, 0.25) is 5.91 Å². The van der Waals surface area contributed by atoms with Crippen LogP contribution in [0.4, 0.5) is 4.79 Å². The van der Waals surface area contributed by atoms with Crippen LogP contribution in [0.1, 0.15) is 13.3 Å². The molecule has 0 aromatic rings. The standard InChI is InChI=1S/C11H22N4O2/c1-11(4-5-14(2)7-11)8-15(3)9(16)6-13-10(12)17/h4-8H2,1-3H3,(H3,12,13,17)/t11-/m0/s1. The lowest BCUT2D eigenvalue weighted by Gasteiger charge is -2.29. The lowest BCUT2D eigenvalue weighted by Crippen LogP contribution is -2.44. The van der Waals surface area contributed by atoms with Gasteiger partial charge in [0.25, 0.3) is 0 Å². The number of rotatable bonds is 4. The molecular weight excluding hydrogens is 220 g/mol. The highest BCUT2D eigenvalue weighted by molar-refractivity contribution is 5.83. The third kappa shape index (κ3) is 4.22. The summed E-state index contributed by atoms with van der Waals surface area (Å²) < 4.78 is 0. The average molecular weight is 242 g/mol. The van der Waals surface area contributed by atoms with Gasteiger partial charge in [0.1, 0.15) is 0 Å². The van der Waals surface area contributed by atoms with Gasteiger partial charge in [-0.15, -0.1) is 0 Å². The molecule has 1 rings (SSSR count). The lowest BCUT2D eigenvalue weighted by atomic mass is 9.89. The van der Waals surface area contributed by atoms with Crippen molar-refractivity contribution in [2.45, 2.75) is 13.3 Å². The third-order valence-corrected chi connectivity index (χ3v) is 3.21. The number of nitrogens with two attached hydrogens (primary N) is 1. The number of likely N-dealkylation sites (N-methyl/N-ethyl adjacent to an activating group) is 1. The minimum Gasteiger partial charge on any atom is -0.352 e. The van der Waals surface area contributed by atoms with Crippen molar-refractivity contribution in [3.8, 4) is 0 Å². The van der Waals surface area contributed by atoms with E-state index in [1.165, 1.54) is 0 Å². The van der Waals surface area contributed by atoms with Gasteiger partial charge in [-0.1, -0.05) is 6.92 Å². The monoisotopic (exact) mass is 242 g/mol. The van der Waals surface area contributed by atoms with Gasteiger partial charge in [0.15, 0.2) is 0 Å². The van der Waals surface area contributed by atoms with Crippen LogP contribution in [0, 0.1) is 5.41 Å². The molecule has 0 aromatic heterocycles. The lowest BCUT2D eigenvalue weighted by molar-refractivity contribution is -0.130. The number of carbonyl (C=O) groups is 2. The number of carbonyl (C=O) groups excluding carboxylic acids is 2. The molecule has 1 aliphatic rings. The SMILES string of the molecule is CN1CC[C@](C)(CN(C)C(=O)CNC(N)=O)C1. The van der Waals surface area contributed by atoms with E-state index in [0.29, 0.717) is 6.54 Å². The van der Waals surface area contributed by atoms with Gasteiger partial charge in [-0.3, -0.25) is 4.79 Å². The largest absolute Gasteiger partial charge is 0.352 e. The van der Waals surface area contributed by atoms with Gasteiger partial charge >= 0.3 is 6.03 Å². The van der Waals surface area contributed by atoms with E-state index in [9.17, 15) is 9.59 Å². The predicted molar refractivity (Wildman–Crippen MR) is 65.4 cm³/mol. The number of likely N-dealkylation sites (tertiary alicyclic amines) is 1. The molecule has 3 N–H and O–H groups in total. The van der Waals surface area contributed by atoms with E-state index in [4.69, 9.17) is 5.73 Å². The smallest absolute Gasteiger partial charge is 0.312 e. The molecule has 0 aromatic carbocycles. The molecule has 1 heterocycles. The highest BCUT2D eigenvalue weighted by Gasteiger charge is 2.33. The number of hydrogen-bond acceptors (Lipinski definition) is 3. The van der Waals surface area contributed by atoms with Crippen molar-refractivity contribution < 1.29 is 9.59 Å². The molecule has 0 unspecified atom stereocenters. The Hall–Kier alpha value is -1.30. The van der Waals surface area contributed by atoms with Crippen molar-refractivity contribution in [2.24, 2.45) is 11.1 Å². The van der Waals surface area contributed by atoms with E-state index in [2.05, 4.69) is 24.2 Å². The molecule has 1 saturated heterocycles. The first-order valence-corrected chi connectivity index (χ1v) is 5.78. The van der Waals surface area contributed by atoms with E-state index < -0.39 is 6.03 Å². The summed E-state index contributed by atoms with van der Waals surface area (Å²) in [6.45, 7) is 4.92. The summed E-state index contributed by atoms with van der Waals surface area (Å²) in [6.07, 6.45) is 1.09. The molecule has 6 heteroatoms. The molecule has 0 bridgehead atoms. The van der Waals surface area contributed by atoms with E-state index in [-0.39, 0.29) is 17.9 Å². The first-order valence-electron chi connectivity index (χ1n) is 5.78. The Morgan fingerprint density at radius 3 is 2.65 bits per heavy atom. The number of urea groups is 1. The van der Waals surface area contributed by atoms with Crippen molar-refractivity contribution in [1.29, 1.82) is 0 Å². The van der Waals surface area contributed by atoms with Crippen LogP contribution in [0.5, 0.6) is 0 Å². The second kappa shape index (κ2) is 5.35. The third-order valence-electron chi connectivity index (χ3n) is 3.21. The quantitative estimate of drug-likeness (QED) is 0.694. The first kappa shape index (κ1) is 13.8. The molecule has 3 amide bonds. The molecule has 1 aliphatic heterocycles. The van der Waals surface area contributed by atoms with Crippen LogP contribution in [0.15, 0.2) is 0 Å². The molecule has 1 fully saturated rings. The van der Waals surface area contributed by atoms with Gasteiger partial charge in [0.05, 0.1) is 6.54 Å². The number of nitrogens with zero attached hydrogens (tertiary/aromatic N) is 2. The summed E-state index contributed by atoms with van der Waals surface area (Å²) in [7, 11) is 3.84. The van der Waals surface area contributed by atoms with Gasteiger partial charge in [0, 0.05) is 20.1 Å². The van der Waals surface area contributed by atoms with Gasteiger partial charge in [-0.25, -0.2) is 4.79 Å². The van der Waals surface area contributed by atoms with Crippen molar-refractivity contribution in [1.82, 2.24) is 15.1 Å². The van der Waals surface area contributed by atoms with Crippen LogP contribution in [-0.4, -0.2) is 62.0 Å². The van der Waals surface area contributed by atoms with E-state index in [0.717, 1.165) is 19.5 Å². The molecule has 6 nitrogen and oxygen atoms in total. The minimum atomic E-state index is -0.668. The van der Waals surface area contributed by atoms with E-state index >= 15 is 0 Å². The van der Waals surface area contributed by atoms with Crippen molar-refractivity contribution >= 4 is 11.9 Å². The second-order valence-corrected chi connectivity index (χ2v) is 5.27. The molecule has 0 radical (unpaired) electrons. The molecule has 0 saturated carbocycles. The van der Waals surface area contributed by atoms with Crippen LogP contribution < -0.4 is 11.1 Å². The van der Waals surface area contributed by atoms with E-state index in [1.54, 1.807) is 11.9 Å². The van der Waals surface area contributed by atoms with Gasteiger partial charge < -0.3 is 20.9 Å². The first-order chi connectivity index (χ1) is 7.82. The molecule has 98 valence electrons. The van der Waals surface area contributed by atoms with Crippen molar-refractivity contribution in [3.05, 3.63) is 0 Å². The van der Waals surface area contributed by atoms with E-state index in [1.807, 2.05) is 0 Å². The zero-order valence-electron chi connectivity index (χ0n) is 10.8. The highest BCUT2D eigenvalue weighted by Crippen LogP contribution is 2.29. The summed E-state index contributed by atoms with van der Waals surface area (Å²) in [6, 6.07) is -0.668. The molecule has 1 atom stereocenters. The van der Waals surface area contributed by atoms with Crippen LogP contribution in [0.3, 0.4) is 0 Å². The zero-order valence-corrected chi connectivity index (χ0v) is 10.8. The average Bonchev–Trinajstić information content (AvgIpc) is 2.54. The fourth-order valence-electron chi connectivity index (χ4n) is 2.36. The summed E-state index contributed by atoms with van der Waals surface area (Å²) in [5.74, 6) is -0.112. The van der Waals surface area contributed by atoms with Crippen LogP contribution in [0.25, 0.3) is 0 Å². The summed E-state index contributed by atoms with van der Waals surface area (Å²) >= 11 is 0. The van der Waals surface area contributed by atoms with Gasteiger partial charge in [-0.2, -0.15) is 0 Å². The molecule has 17 heavy (non-hydrogen) atoms. The number of nitrogens with one attached hydrogen (secondary N) is 1.